The summed E-state index contributed by atoms with van der Waals surface area (Å²) in [6.07, 6.45) is 0.969. The second-order valence-corrected chi connectivity index (χ2v) is 6.76. The van der Waals surface area contributed by atoms with Crippen LogP contribution < -0.4 is 10.1 Å². The molecule has 0 bridgehead atoms. The maximum Gasteiger partial charge on any atom is 0.119 e. The lowest BCUT2D eigenvalue weighted by Gasteiger charge is -2.20. The van der Waals surface area contributed by atoms with Gasteiger partial charge < -0.3 is 10.1 Å². The number of rotatable bonds is 6. The van der Waals surface area contributed by atoms with E-state index in [4.69, 9.17) is 4.74 Å². The van der Waals surface area contributed by atoms with Crippen molar-refractivity contribution in [2.75, 3.05) is 6.61 Å². The second kappa shape index (κ2) is 6.91. The van der Waals surface area contributed by atoms with Crippen molar-refractivity contribution >= 4 is 11.3 Å². The monoisotopic (exact) mass is 289 g/mol. The Morgan fingerprint density at radius 2 is 1.80 bits per heavy atom. The SMILES string of the molecule is CC(C)(C)NCc1ccc(OCCc2ccsc2)cc1. The predicted octanol–water partition coefficient (Wildman–Crippen LogP) is 4.26. The Balaban J connectivity index is 1.76. The summed E-state index contributed by atoms with van der Waals surface area (Å²) in [4.78, 5) is 0. The average molecular weight is 289 g/mol. The van der Waals surface area contributed by atoms with Crippen molar-refractivity contribution in [3.8, 4) is 5.75 Å². The van der Waals surface area contributed by atoms with E-state index in [9.17, 15) is 0 Å². The first-order chi connectivity index (χ1) is 9.53. The van der Waals surface area contributed by atoms with Crippen molar-refractivity contribution in [1.82, 2.24) is 5.32 Å². The fourth-order valence-electron chi connectivity index (χ4n) is 1.79. The average Bonchev–Trinajstić information content (AvgIpc) is 2.90. The molecule has 1 heterocycles. The molecular weight excluding hydrogens is 266 g/mol. The quantitative estimate of drug-likeness (QED) is 0.858. The van der Waals surface area contributed by atoms with Gasteiger partial charge in [-0.05, 0) is 60.9 Å². The van der Waals surface area contributed by atoms with E-state index in [1.807, 2.05) is 12.1 Å². The van der Waals surface area contributed by atoms with Crippen molar-refractivity contribution < 1.29 is 4.74 Å². The van der Waals surface area contributed by atoms with Crippen LogP contribution in [0.5, 0.6) is 5.75 Å². The summed E-state index contributed by atoms with van der Waals surface area (Å²) in [7, 11) is 0. The number of nitrogens with one attached hydrogen (secondary N) is 1. The zero-order valence-electron chi connectivity index (χ0n) is 12.5. The van der Waals surface area contributed by atoms with Crippen LogP contribution in [0, 0.1) is 0 Å². The molecule has 0 radical (unpaired) electrons. The van der Waals surface area contributed by atoms with Crippen molar-refractivity contribution in [2.24, 2.45) is 0 Å². The van der Waals surface area contributed by atoms with Crippen LogP contribution in [0.25, 0.3) is 0 Å². The lowest BCUT2D eigenvalue weighted by Crippen LogP contribution is -2.35. The molecule has 1 aromatic heterocycles. The molecule has 2 nitrogen and oxygen atoms in total. The summed E-state index contributed by atoms with van der Waals surface area (Å²) in [6, 6.07) is 10.5. The lowest BCUT2D eigenvalue weighted by molar-refractivity contribution is 0.322. The standard InChI is InChI=1S/C17H23NOS/c1-17(2,3)18-12-14-4-6-16(7-5-14)19-10-8-15-9-11-20-13-15/h4-7,9,11,13,18H,8,10,12H2,1-3H3. The van der Waals surface area contributed by atoms with E-state index < -0.39 is 0 Å². The van der Waals surface area contributed by atoms with E-state index in [1.165, 1.54) is 11.1 Å². The first-order valence-corrected chi connectivity index (χ1v) is 7.95. The topological polar surface area (TPSA) is 21.3 Å². The van der Waals surface area contributed by atoms with Gasteiger partial charge in [0.15, 0.2) is 0 Å². The predicted molar refractivity (Wildman–Crippen MR) is 86.6 cm³/mol. The molecule has 0 unspecified atom stereocenters. The Labute approximate surface area is 125 Å². The Morgan fingerprint density at radius 1 is 1.05 bits per heavy atom. The fourth-order valence-corrected chi connectivity index (χ4v) is 2.50. The van der Waals surface area contributed by atoms with Gasteiger partial charge >= 0.3 is 0 Å². The van der Waals surface area contributed by atoms with E-state index in [0.29, 0.717) is 0 Å². The summed E-state index contributed by atoms with van der Waals surface area (Å²) in [6.45, 7) is 8.15. The van der Waals surface area contributed by atoms with Gasteiger partial charge in [0.25, 0.3) is 0 Å². The number of benzene rings is 1. The highest BCUT2D eigenvalue weighted by molar-refractivity contribution is 7.07. The highest BCUT2D eigenvalue weighted by Gasteiger charge is 2.08. The largest absolute Gasteiger partial charge is 0.493 e. The molecule has 3 heteroatoms. The zero-order valence-corrected chi connectivity index (χ0v) is 13.3. The smallest absolute Gasteiger partial charge is 0.119 e. The molecular formula is C17H23NOS. The van der Waals surface area contributed by atoms with E-state index in [0.717, 1.165) is 25.3 Å². The van der Waals surface area contributed by atoms with Crippen LogP contribution in [0.1, 0.15) is 31.9 Å². The Bertz CT molecular complexity index is 497. The van der Waals surface area contributed by atoms with Crippen LogP contribution in [0.3, 0.4) is 0 Å². The van der Waals surface area contributed by atoms with Crippen LogP contribution in [0.4, 0.5) is 0 Å². The van der Waals surface area contributed by atoms with Gasteiger partial charge in [0, 0.05) is 18.5 Å². The maximum absolute atomic E-state index is 5.76. The van der Waals surface area contributed by atoms with Crippen LogP contribution in [0.2, 0.25) is 0 Å². The summed E-state index contributed by atoms with van der Waals surface area (Å²) >= 11 is 1.73. The van der Waals surface area contributed by atoms with Crippen molar-refractivity contribution in [3.05, 3.63) is 52.2 Å². The Morgan fingerprint density at radius 3 is 2.40 bits per heavy atom. The molecule has 2 rings (SSSR count). The Kier molecular flexibility index (Phi) is 5.21. The summed E-state index contributed by atoms with van der Waals surface area (Å²) in [5.74, 6) is 0.944. The first-order valence-electron chi connectivity index (χ1n) is 7.01. The third-order valence-corrected chi connectivity index (χ3v) is 3.72. The van der Waals surface area contributed by atoms with Crippen LogP contribution in [-0.4, -0.2) is 12.1 Å². The van der Waals surface area contributed by atoms with Gasteiger partial charge in [-0.15, -0.1) is 0 Å². The highest BCUT2D eigenvalue weighted by Crippen LogP contribution is 2.14. The molecule has 1 aromatic carbocycles. The van der Waals surface area contributed by atoms with Crippen molar-refractivity contribution in [3.63, 3.8) is 0 Å². The molecule has 0 fully saturated rings. The van der Waals surface area contributed by atoms with Crippen LogP contribution >= 0.6 is 11.3 Å². The summed E-state index contributed by atoms with van der Waals surface area (Å²) < 4.78 is 5.76. The van der Waals surface area contributed by atoms with Crippen LogP contribution in [-0.2, 0) is 13.0 Å². The van der Waals surface area contributed by atoms with Gasteiger partial charge in [-0.2, -0.15) is 11.3 Å². The molecule has 108 valence electrons. The molecule has 0 saturated carbocycles. The van der Waals surface area contributed by atoms with E-state index in [-0.39, 0.29) is 5.54 Å². The molecule has 0 aliphatic heterocycles. The van der Waals surface area contributed by atoms with E-state index in [2.05, 4.69) is 55.0 Å². The minimum atomic E-state index is 0.149. The molecule has 0 amide bonds. The van der Waals surface area contributed by atoms with Crippen LogP contribution in [0.15, 0.2) is 41.1 Å². The third-order valence-electron chi connectivity index (χ3n) is 2.99. The minimum Gasteiger partial charge on any atom is -0.493 e. The normalized spacial score (nSPS) is 11.6. The Hall–Kier alpha value is -1.32. The first kappa shape index (κ1) is 15.1. The van der Waals surface area contributed by atoms with E-state index >= 15 is 0 Å². The summed E-state index contributed by atoms with van der Waals surface area (Å²) in [5.41, 5.74) is 2.78. The molecule has 0 atom stereocenters. The van der Waals surface area contributed by atoms with Crippen molar-refractivity contribution in [1.29, 1.82) is 0 Å². The molecule has 0 aliphatic carbocycles. The highest BCUT2D eigenvalue weighted by atomic mass is 32.1. The number of hydrogen-bond donors (Lipinski definition) is 1. The fraction of sp³-hybridized carbons (Fsp3) is 0.412. The molecule has 0 spiro atoms. The van der Waals surface area contributed by atoms with Gasteiger partial charge in [-0.25, -0.2) is 0 Å². The minimum absolute atomic E-state index is 0.149. The molecule has 2 aromatic rings. The van der Waals surface area contributed by atoms with Crippen molar-refractivity contribution in [2.45, 2.75) is 39.3 Å². The summed E-state index contributed by atoms with van der Waals surface area (Å²) in [5, 5.41) is 7.75. The zero-order chi connectivity index (χ0) is 14.4. The van der Waals surface area contributed by atoms with Gasteiger partial charge in [0.05, 0.1) is 6.61 Å². The van der Waals surface area contributed by atoms with Gasteiger partial charge in [-0.3, -0.25) is 0 Å². The number of hydrogen-bond acceptors (Lipinski definition) is 3. The third kappa shape index (κ3) is 5.35. The second-order valence-electron chi connectivity index (χ2n) is 5.98. The maximum atomic E-state index is 5.76. The van der Waals surface area contributed by atoms with Gasteiger partial charge in [0.1, 0.15) is 5.75 Å². The number of ether oxygens (including phenoxy) is 1. The van der Waals surface area contributed by atoms with Gasteiger partial charge in [0.2, 0.25) is 0 Å². The number of thiophene rings is 1. The molecule has 20 heavy (non-hydrogen) atoms. The van der Waals surface area contributed by atoms with Gasteiger partial charge in [-0.1, -0.05) is 12.1 Å². The molecule has 0 saturated heterocycles. The molecule has 1 N–H and O–H groups in total. The molecule has 0 aliphatic rings. The van der Waals surface area contributed by atoms with E-state index in [1.54, 1.807) is 11.3 Å². The lowest BCUT2D eigenvalue weighted by atomic mass is 10.1.